The maximum absolute atomic E-state index is 13.1. The van der Waals surface area contributed by atoms with Gasteiger partial charge in [-0.25, -0.2) is 9.37 Å². The summed E-state index contributed by atoms with van der Waals surface area (Å²) in [7, 11) is 0. The molecular weight excluding hydrogens is 275 g/mol. The summed E-state index contributed by atoms with van der Waals surface area (Å²) in [5.74, 6) is -0.228. The number of nitrogens with zero attached hydrogens (tertiary/aromatic N) is 1. The van der Waals surface area contributed by atoms with Crippen molar-refractivity contribution in [2.45, 2.75) is 25.0 Å². The predicted molar refractivity (Wildman–Crippen MR) is 77.3 cm³/mol. The van der Waals surface area contributed by atoms with Crippen LogP contribution >= 0.6 is 11.3 Å². The Morgan fingerprint density at radius 2 is 2.00 bits per heavy atom. The van der Waals surface area contributed by atoms with E-state index in [1.54, 1.807) is 29.7 Å². The van der Waals surface area contributed by atoms with Crippen LogP contribution in [0, 0.1) is 5.82 Å². The number of rotatable bonds is 4. The van der Waals surface area contributed by atoms with Gasteiger partial charge in [0.2, 0.25) is 0 Å². The molecule has 0 radical (unpaired) electrons. The van der Waals surface area contributed by atoms with E-state index in [-0.39, 0.29) is 18.0 Å². The van der Waals surface area contributed by atoms with Crippen LogP contribution in [-0.4, -0.2) is 24.2 Å². The molecule has 1 fully saturated rings. The summed E-state index contributed by atoms with van der Waals surface area (Å²) in [5.41, 5.74) is 0.958. The molecule has 1 atom stereocenters. The van der Waals surface area contributed by atoms with E-state index in [1.807, 2.05) is 5.38 Å². The second-order valence-corrected chi connectivity index (χ2v) is 5.81. The molecule has 0 bridgehead atoms. The SMILES string of the molecule is Fc1ccc(C(OC2CCNCC2)c2nccs2)cc1. The first kappa shape index (κ1) is 13.7. The number of benzene rings is 1. The summed E-state index contributed by atoms with van der Waals surface area (Å²) in [4.78, 5) is 4.37. The second-order valence-electron chi connectivity index (χ2n) is 4.89. The number of nitrogens with one attached hydrogen (secondary N) is 1. The molecule has 1 saturated heterocycles. The first-order valence-corrected chi connectivity index (χ1v) is 7.72. The van der Waals surface area contributed by atoms with Crippen LogP contribution in [0.3, 0.4) is 0 Å². The average Bonchev–Trinajstić information content (AvgIpc) is 3.01. The molecule has 0 aliphatic carbocycles. The molecule has 2 heterocycles. The van der Waals surface area contributed by atoms with Gasteiger partial charge in [0.05, 0.1) is 6.10 Å². The molecule has 0 spiro atoms. The molecule has 5 heteroatoms. The van der Waals surface area contributed by atoms with Crippen LogP contribution in [0.5, 0.6) is 0 Å². The Labute approximate surface area is 121 Å². The molecule has 3 rings (SSSR count). The number of hydrogen-bond acceptors (Lipinski definition) is 4. The molecule has 2 aromatic rings. The normalized spacial score (nSPS) is 18.1. The maximum Gasteiger partial charge on any atom is 0.134 e. The summed E-state index contributed by atoms with van der Waals surface area (Å²) in [6.07, 6.45) is 3.82. The Hall–Kier alpha value is -1.30. The fraction of sp³-hybridized carbons (Fsp3) is 0.400. The van der Waals surface area contributed by atoms with Gasteiger partial charge in [0.1, 0.15) is 16.9 Å². The van der Waals surface area contributed by atoms with Crippen molar-refractivity contribution in [1.82, 2.24) is 10.3 Å². The minimum absolute atomic E-state index is 0.196. The summed E-state index contributed by atoms with van der Waals surface area (Å²) >= 11 is 1.57. The zero-order valence-electron chi connectivity index (χ0n) is 11.1. The highest BCUT2D eigenvalue weighted by atomic mass is 32.1. The van der Waals surface area contributed by atoms with Crippen molar-refractivity contribution >= 4 is 11.3 Å². The van der Waals surface area contributed by atoms with E-state index >= 15 is 0 Å². The van der Waals surface area contributed by atoms with Gasteiger partial charge in [-0.05, 0) is 43.6 Å². The summed E-state index contributed by atoms with van der Waals surface area (Å²) in [6.45, 7) is 1.97. The molecule has 1 aliphatic heterocycles. The Morgan fingerprint density at radius 1 is 1.25 bits per heavy atom. The number of halogens is 1. The molecule has 1 aromatic heterocycles. The highest BCUT2D eigenvalue weighted by molar-refractivity contribution is 7.09. The van der Waals surface area contributed by atoms with Crippen LogP contribution in [0.1, 0.15) is 29.5 Å². The minimum Gasteiger partial charge on any atom is -0.363 e. The minimum atomic E-state index is -0.228. The summed E-state index contributed by atoms with van der Waals surface area (Å²) < 4.78 is 19.3. The van der Waals surface area contributed by atoms with Crippen molar-refractivity contribution in [3.63, 3.8) is 0 Å². The fourth-order valence-corrected chi connectivity index (χ4v) is 3.10. The second kappa shape index (κ2) is 6.43. The maximum atomic E-state index is 13.1. The highest BCUT2D eigenvalue weighted by Gasteiger charge is 2.23. The number of aromatic nitrogens is 1. The van der Waals surface area contributed by atoms with Gasteiger partial charge in [0.15, 0.2) is 0 Å². The Balaban J connectivity index is 1.82. The lowest BCUT2D eigenvalue weighted by Crippen LogP contribution is -2.33. The molecule has 3 nitrogen and oxygen atoms in total. The van der Waals surface area contributed by atoms with Crippen LogP contribution in [0.15, 0.2) is 35.8 Å². The highest BCUT2D eigenvalue weighted by Crippen LogP contribution is 2.30. The van der Waals surface area contributed by atoms with E-state index in [0.717, 1.165) is 36.5 Å². The predicted octanol–water partition coefficient (Wildman–Crippen LogP) is 3.14. The van der Waals surface area contributed by atoms with E-state index in [9.17, 15) is 4.39 Å². The van der Waals surface area contributed by atoms with Crippen molar-refractivity contribution in [3.8, 4) is 0 Å². The van der Waals surface area contributed by atoms with E-state index in [4.69, 9.17) is 4.74 Å². The molecule has 0 saturated carbocycles. The van der Waals surface area contributed by atoms with Crippen molar-refractivity contribution in [2.75, 3.05) is 13.1 Å². The van der Waals surface area contributed by atoms with Gasteiger partial charge in [0, 0.05) is 11.6 Å². The molecule has 1 unspecified atom stereocenters. The monoisotopic (exact) mass is 292 g/mol. The van der Waals surface area contributed by atoms with Crippen LogP contribution in [0.25, 0.3) is 0 Å². The third kappa shape index (κ3) is 3.23. The van der Waals surface area contributed by atoms with Crippen LogP contribution in [0.4, 0.5) is 4.39 Å². The number of hydrogen-bond donors (Lipinski definition) is 1. The lowest BCUT2D eigenvalue weighted by atomic mass is 10.1. The first-order chi connectivity index (χ1) is 9.83. The van der Waals surface area contributed by atoms with E-state index < -0.39 is 0 Å². The smallest absolute Gasteiger partial charge is 0.134 e. The van der Waals surface area contributed by atoms with Gasteiger partial charge >= 0.3 is 0 Å². The Kier molecular flexibility index (Phi) is 4.40. The largest absolute Gasteiger partial charge is 0.363 e. The van der Waals surface area contributed by atoms with Crippen molar-refractivity contribution in [3.05, 3.63) is 52.2 Å². The molecule has 1 aliphatic rings. The molecule has 1 aromatic carbocycles. The van der Waals surface area contributed by atoms with Gasteiger partial charge in [-0.15, -0.1) is 11.3 Å². The number of ether oxygens (including phenoxy) is 1. The fourth-order valence-electron chi connectivity index (χ4n) is 2.40. The lowest BCUT2D eigenvalue weighted by molar-refractivity contribution is -0.00815. The van der Waals surface area contributed by atoms with Crippen LogP contribution in [0.2, 0.25) is 0 Å². The van der Waals surface area contributed by atoms with E-state index in [0.29, 0.717) is 0 Å². The number of piperidine rings is 1. The van der Waals surface area contributed by atoms with Crippen LogP contribution < -0.4 is 5.32 Å². The zero-order chi connectivity index (χ0) is 13.8. The zero-order valence-corrected chi connectivity index (χ0v) is 11.9. The van der Waals surface area contributed by atoms with Gasteiger partial charge in [0.25, 0.3) is 0 Å². The summed E-state index contributed by atoms with van der Waals surface area (Å²) in [5, 5.41) is 6.20. The topological polar surface area (TPSA) is 34.1 Å². The van der Waals surface area contributed by atoms with Crippen molar-refractivity contribution in [2.24, 2.45) is 0 Å². The van der Waals surface area contributed by atoms with Gasteiger partial charge in [-0.3, -0.25) is 0 Å². The van der Waals surface area contributed by atoms with E-state index in [2.05, 4.69) is 10.3 Å². The summed E-state index contributed by atoms with van der Waals surface area (Å²) in [6, 6.07) is 6.51. The molecule has 1 N–H and O–H groups in total. The lowest BCUT2D eigenvalue weighted by Gasteiger charge is -2.27. The third-order valence-electron chi connectivity index (χ3n) is 3.46. The Bertz CT molecular complexity index is 523. The van der Waals surface area contributed by atoms with Crippen LogP contribution in [-0.2, 0) is 4.74 Å². The number of thiazole rings is 1. The van der Waals surface area contributed by atoms with Gasteiger partial charge in [-0.2, -0.15) is 0 Å². The molecule has 20 heavy (non-hydrogen) atoms. The van der Waals surface area contributed by atoms with Crippen molar-refractivity contribution < 1.29 is 9.13 Å². The van der Waals surface area contributed by atoms with Gasteiger partial charge < -0.3 is 10.1 Å². The van der Waals surface area contributed by atoms with Gasteiger partial charge in [-0.1, -0.05) is 12.1 Å². The molecule has 0 amide bonds. The van der Waals surface area contributed by atoms with Crippen molar-refractivity contribution in [1.29, 1.82) is 0 Å². The first-order valence-electron chi connectivity index (χ1n) is 6.84. The standard InChI is InChI=1S/C15H17FN2OS/c16-12-3-1-11(2-4-12)14(15-18-9-10-20-15)19-13-5-7-17-8-6-13/h1-4,9-10,13-14,17H,5-8H2. The average molecular weight is 292 g/mol. The molecular formula is C15H17FN2OS. The molecule has 106 valence electrons. The van der Waals surface area contributed by atoms with E-state index in [1.165, 1.54) is 12.1 Å². The Morgan fingerprint density at radius 3 is 2.65 bits per heavy atom. The third-order valence-corrected chi connectivity index (χ3v) is 4.28. The quantitative estimate of drug-likeness (QED) is 0.940.